The van der Waals surface area contributed by atoms with E-state index in [2.05, 4.69) is 85.0 Å². The maximum Gasteiger partial charge on any atom is 0.251 e. The number of allylic oxidation sites excluding steroid dienone is 8. The summed E-state index contributed by atoms with van der Waals surface area (Å²) in [5.41, 5.74) is 12.4. The van der Waals surface area contributed by atoms with Crippen molar-refractivity contribution < 1.29 is 0 Å². The standard InChI is InChI=1S/C20H30BBr/c1-11-12(2)16(6)19(9,15(11)5)21(22)20(10)17(7)13(3)14(4)18(20)8/h1-10H3. The molecule has 2 heteroatoms. The zero-order valence-corrected chi connectivity index (χ0v) is 17.5. The summed E-state index contributed by atoms with van der Waals surface area (Å²) in [7, 11) is 0. The predicted octanol–water partition coefficient (Wildman–Crippen LogP) is 7.27. The fraction of sp³-hybridized carbons (Fsp3) is 0.600. The maximum atomic E-state index is 4.18. The van der Waals surface area contributed by atoms with Gasteiger partial charge in [-0.2, -0.15) is 15.8 Å². The number of rotatable bonds is 2. The fourth-order valence-electron chi connectivity index (χ4n) is 4.58. The molecule has 0 aromatic carbocycles. The smallest absolute Gasteiger partial charge is 0.154 e. The largest absolute Gasteiger partial charge is 0.251 e. The van der Waals surface area contributed by atoms with Crippen LogP contribution >= 0.6 is 15.8 Å². The van der Waals surface area contributed by atoms with Crippen molar-refractivity contribution in [1.82, 2.24) is 0 Å². The van der Waals surface area contributed by atoms with E-state index in [1.165, 1.54) is 44.6 Å². The molecule has 2 aliphatic rings. The Balaban J connectivity index is 2.66. The molecular formula is C20H30BBr. The number of hydrogen-bond acceptors (Lipinski definition) is 0. The summed E-state index contributed by atoms with van der Waals surface area (Å²) >= 11 is 4.18. The Kier molecular flexibility index (Phi) is 4.27. The fourth-order valence-corrected chi connectivity index (χ4v) is 5.96. The van der Waals surface area contributed by atoms with Crippen LogP contribution in [0.1, 0.15) is 69.2 Å². The SMILES string of the molecule is CC1=C(C)C(C)(B(Br)C2(C)C(C)=C(C)C(C)=C2C)C(C)=C1C. The van der Waals surface area contributed by atoms with Crippen LogP contribution in [-0.4, -0.2) is 5.54 Å². The first-order valence-corrected chi connectivity index (χ1v) is 9.21. The minimum atomic E-state index is 0.0797. The van der Waals surface area contributed by atoms with Crippen LogP contribution in [0.4, 0.5) is 0 Å². The van der Waals surface area contributed by atoms with Crippen molar-refractivity contribution >= 4 is 21.3 Å². The first-order chi connectivity index (χ1) is 9.93. The van der Waals surface area contributed by atoms with Crippen molar-refractivity contribution in [3.63, 3.8) is 0 Å². The molecule has 0 amide bonds. The molecule has 0 spiro atoms. The summed E-state index contributed by atoms with van der Waals surface area (Å²) in [5.74, 6) is 0. The Morgan fingerprint density at radius 2 is 0.727 bits per heavy atom. The van der Waals surface area contributed by atoms with Crippen molar-refractivity contribution in [2.24, 2.45) is 0 Å². The van der Waals surface area contributed by atoms with E-state index < -0.39 is 0 Å². The highest BCUT2D eigenvalue weighted by Gasteiger charge is 2.55. The van der Waals surface area contributed by atoms with E-state index in [9.17, 15) is 0 Å². The summed E-state index contributed by atoms with van der Waals surface area (Å²) in [6, 6.07) is 0. The first kappa shape index (κ1) is 17.9. The second-order valence-corrected chi connectivity index (χ2v) is 8.68. The van der Waals surface area contributed by atoms with E-state index >= 15 is 0 Å². The van der Waals surface area contributed by atoms with Gasteiger partial charge >= 0.3 is 0 Å². The van der Waals surface area contributed by atoms with Crippen LogP contribution in [0.5, 0.6) is 0 Å². The molecule has 0 heterocycles. The van der Waals surface area contributed by atoms with Gasteiger partial charge < -0.3 is 0 Å². The van der Waals surface area contributed by atoms with Gasteiger partial charge in [0.1, 0.15) is 0 Å². The summed E-state index contributed by atoms with van der Waals surface area (Å²) < 4.78 is 0. The van der Waals surface area contributed by atoms with Gasteiger partial charge in [0.05, 0.1) is 0 Å². The number of hydrogen-bond donors (Lipinski definition) is 0. The lowest BCUT2D eigenvalue weighted by Gasteiger charge is -2.43. The average Bonchev–Trinajstić information content (AvgIpc) is 2.75. The molecule has 120 valence electrons. The Morgan fingerprint density at radius 3 is 0.909 bits per heavy atom. The molecule has 0 saturated heterocycles. The molecule has 0 radical (unpaired) electrons. The van der Waals surface area contributed by atoms with Crippen LogP contribution in [0, 0.1) is 0 Å². The van der Waals surface area contributed by atoms with Gasteiger partial charge in [-0.1, -0.05) is 36.1 Å². The summed E-state index contributed by atoms with van der Waals surface area (Å²) in [4.78, 5) is 0. The van der Waals surface area contributed by atoms with E-state index in [0.29, 0.717) is 5.54 Å². The minimum Gasteiger partial charge on any atom is -0.154 e. The Morgan fingerprint density at radius 1 is 0.545 bits per heavy atom. The van der Waals surface area contributed by atoms with Crippen molar-refractivity contribution in [3.8, 4) is 0 Å². The molecule has 0 unspecified atom stereocenters. The Labute approximate surface area is 145 Å². The van der Waals surface area contributed by atoms with Crippen molar-refractivity contribution in [3.05, 3.63) is 44.6 Å². The first-order valence-electron chi connectivity index (χ1n) is 8.30. The van der Waals surface area contributed by atoms with Crippen molar-refractivity contribution in [2.45, 2.75) is 79.9 Å². The van der Waals surface area contributed by atoms with E-state index in [4.69, 9.17) is 0 Å². The van der Waals surface area contributed by atoms with E-state index in [-0.39, 0.29) is 10.6 Å². The van der Waals surface area contributed by atoms with Crippen molar-refractivity contribution in [2.75, 3.05) is 0 Å². The second kappa shape index (κ2) is 5.26. The molecule has 2 aliphatic carbocycles. The van der Waals surface area contributed by atoms with Crippen LogP contribution in [0.25, 0.3) is 0 Å². The lowest BCUT2D eigenvalue weighted by Crippen LogP contribution is -2.38. The van der Waals surface area contributed by atoms with Gasteiger partial charge in [0, 0.05) is 10.6 Å². The molecule has 2 rings (SSSR count). The van der Waals surface area contributed by atoms with Gasteiger partial charge in [0.15, 0.2) is 0 Å². The van der Waals surface area contributed by atoms with Crippen LogP contribution < -0.4 is 0 Å². The molecule has 0 aromatic heterocycles. The van der Waals surface area contributed by atoms with Crippen molar-refractivity contribution in [1.29, 1.82) is 0 Å². The molecule has 0 aromatic rings. The zero-order valence-electron chi connectivity index (χ0n) is 16.0. The third-order valence-corrected chi connectivity index (χ3v) is 9.34. The van der Waals surface area contributed by atoms with E-state index in [0.717, 1.165) is 0 Å². The summed E-state index contributed by atoms with van der Waals surface area (Å²) in [5, 5.41) is 0.159. The molecule has 0 N–H and O–H groups in total. The van der Waals surface area contributed by atoms with E-state index in [1.807, 2.05) is 0 Å². The maximum absolute atomic E-state index is 4.18. The quantitative estimate of drug-likeness (QED) is 0.454. The van der Waals surface area contributed by atoms with Crippen LogP contribution in [-0.2, 0) is 0 Å². The Bertz CT molecular complexity index is 564. The predicted molar refractivity (Wildman–Crippen MR) is 105 cm³/mol. The highest BCUT2D eigenvalue weighted by atomic mass is 79.9. The number of halogens is 1. The average molecular weight is 361 g/mol. The third kappa shape index (κ3) is 1.89. The van der Waals surface area contributed by atoms with Gasteiger partial charge in [-0.05, 0) is 77.7 Å². The normalized spacial score (nSPS) is 24.1. The monoisotopic (exact) mass is 360 g/mol. The van der Waals surface area contributed by atoms with Gasteiger partial charge in [-0.25, -0.2) is 0 Å². The zero-order chi connectivity index (χ0) is 17.2. The molecule has 0 bridgehead atoms. The molecule has 0 fully saturated rings. The molecule has 0 saturated carbocycles. The highest BCUT2D eigenvalue weighted by Crippen LogP contribution is 2.66. The van der Waals surface area contributed by atoms with E-state index in [1.54, 1.807) is 0 Å². The molecule has 0 nitrogen and oxygen atoms in total. The lowest BCUT2D eigenvalue weighted by molar-refractivity contribution is 0.742. The van der Waals surface area contributed by atoms with Gasteiger partial charge in [-0.15, -0.1) is 0 Å². The van der Waals surface area contributed by atoms with Crippen LogP contribution in [0.3, 0.4) is 0 Å². The summed E-state index contributed by atoms with van der Waals surface area (Å²) in [6.07, 6.45) is 0. The third-order valence-electron chi connectivity index (χ3n) is 7.50. The topological polar surface area (TPSA) is 0 Å². The Hall–Kier alpha value is -0.495. The van der Waals surface area contributed by atoms with Crippen LogP contribution in [0.2, 0.25) is 10.6 Å². The molecular weight excluding hydrogens is 331 g/mol. The lowest BCUT2D eigenvalue weighted by atomic mass is 9.34. The minimum absolute atomic E-state index is 0.0797. The molecule has 0 aliphatic heterocycles. The second-order valence-electron chi connectivity index (χ2n) is 7.77. The van der Waals surface area contributed by atoms with Crippen LogP contribution in [0.15, 0.2) is 44.6 Å². The molecule has 0 atom stereocenters. The van der Waals surface area contributed by atoms with Gasteiger partial charge in [0.2, 0.25) is 0 Å². The molecule has 22 heavy (non-hydrogen) atoms. The highest BCUT2D eigenvalue weighted by molar-refractivity contribution is 9.24. The summed E-state index contributed by atoms with van der Waals surface area (Å²) in [6.45, 7) is 23.2. The van der Waals surface area contributed by atoms with Gasteiger partial charge in [-0.3, -0.25) is 0 Å². The van der Waals surface area contributed by atoms with Gasteiger partial charge in [0.25, 0.3) is 5.54 Å².